The molecule has 0 aliphatic rings. The normalized spacial score (nSPS) is 10.8. The van der Waals surface area contributed by atoms with Gasteiger partial charge in [0.05, 0.1) is 6.34 Å². The zero-order chi connectivity index (χ0) is 12.8. The molecule has 0 spiro atoms. The third-order valence-electron chi connectivity index (χ3n) is 2.48. The number of carbonyl (C=O) groups is 1. The van der Waals surface area contributed by atoms with Crippen LogP contribution in [0.4, 0.5) is 5.95 Å². The van der Waals surface area contributed by atoms with Gasteiger partial charge < -0.3 is 11.1 Å². The Kier molecular flexibility index (Phi) is 4.56. The summed E-state index contributed by atoms with van der Waals surface area (Å²) in [6, 6.07) is 0. The van der Waals surface area contributed by atoms with E-state index in [1.54, 1.807) is 7.05 Å². The molecule has 0 unspecified atom stereocenters. The molecule has 0 aliphatic heterocycles. The zero-order valence-electron chi connectivity index (χ0n) is 10.3. The molecule has 1 aromatic rings. The highest BCUT2D eigenvalue weighted by Crippen LogP contribution is 2.15. The van der Waals surface area contributed by atoms with E-state index in [1.165, 1.54) is 6.34 Å². The van der Waals surface area contributed by atoms with Crippen molar-refractivity contribution in [1.82, 2.24) is 15.3 Å². The zero-order valence-corrected chi connectivity index (χ0v) is 10.3. The van der Waals surface area contributed by atoms with Crippen molar-refractivity contribution < 1.29 is 4.79 Å². The fourth-order valence-electron chi connectivity index (χ4n) is 1.57. The smallest absolute Gasteiger partial charge is 0.251 e. The molecule has 1 aromatic heterocycles. The lowest BCUT2D eigenvalue weighted by molar-refractivity contribution is -0.120. The van der Waals surface area contributed by atoms with Crippen molar-refractivity contribution in [2.24, 2.45) is 10.7 Å². The quantitative estimate of drug-likeness (QED) is 0.583. The van der Waals surface area contributed by atoms with Gasteiger partial charge in [0.15, 0.2) is 0 Å². The fourth-order valence-corrected chi connectivity index (χ4v) is 1.57. The first-order valence-electron chi connectivity index (χ1n) is 5.37. The van der Waals surface area contributed by atoms with Crippen LogP contribution in [0, 0.1) is 13.8 Å². The van der Waals surface area contributed by atoms with Crippen LogP contribution in [-0.4, -0.2) is 29.3 Å². The summed E-state index contributed by atoms with van der Waals surface area (Å²) in [4.78, 5) is 23.4. The van der Waals surface area contributed by atoms with Crippen molar-refractivity contribution in [2.45, 2.75) is 26.7 Å². The van der Waals surface area contributed by atoms with Gasteiger partial charge >= 0.3 is 0 Å². The predicted molar refractivity (Wildman–Crippen MR) is 66.2 cm³/mol. The average molecular weight is 235 g/mol. The first-order chi connectivity index (χ1) is 8.08. The summed E-state index contributed by atoms with van der Waals surface area (Å²) in [5.74, 6) is 0.360. The number of hydrogen-bond donors (Lipinski definition) is 2. The topological polar surface area (TPSA) is 93.3 Å². The van der Waals surface area contributed by atoms with Gasteiger partial charge in [-0.25, -0.2) is 15.0 Å². The largest absolute Gasteiger partial charge is 0.390 e. The monoisotopic (exact) mass is 235 g/mol. The van der Waals surface area contributed by atoms with E-state index in [2.05, 4.69) is 20.3 Å². The van der Waals surface area contributed by atoms with Crippen LogP contribution in [0.25, 0.3) is 0 Å². The molecule has 92 valence electrons. The van der Waals surface area contributed by atoms with E-state index >= 15 is 0 Å². The number of rotatable bonds is 4. The van der Waals surface area contributed by atoms with Gasteiger partial charge in [-0.05, 0) is 25.8 Å². The summed E-state index contributed by atoms with van der Waals surface area (Å²) >= 11 is 0. The van der Waals surface area contributed by atoms with Crippen molar-refractivity contribution >= 4 is 18.2 Å². The second-order valence-corrected chi connectivity index (χ2v) is 3.62. The van der Waals surface area contributed by atoms with E-state index in [-0.39, 0.29) is 5.91 Å². The third kappa shape index (κ3) is 3.51. The highest BCUT2D eigenvalue weighted by molar-refractivity contribution is 5.75. The molecule has 0 aromatic carbocycles. The minimum Gasteiger partial charge on any atom is -0.390 e. The number of aromatic nitrogens is 2. The van der Waals surface area contributed by atoms with Crippen LogP contribution < -0.4 is 11.1 Å². The molecule has 0 radical (unpaired) electrons. The van der Waals surface area contributed by atoms with Crippen molar-refractivity contribution in [3.05, 3.63) is 17.0 Å². The Balaban J connectivity index is 2.90. The van der Waals surface area contributed by atoms with E-state index in [4.69, 9.17) is 5.73 Å². The van der Waals surface area contributed by atoms with Crippen LogP contribution in [0.2, 0.25) is 0 Å². The Morgan fingerprint density at radius 3 is 2.47 bits per heavy atom. The average Bonchev–Trinajstić information content (AvgIpc) is 2.28. The van der Waals surface area contributed by atoms with Crippen molar-refractivity contribution in [3.63, 3.8) is 0 Å². The maximum atomic E-state index is 11.2. The van der Waals surface area contributed by atoms with Gasteiger partial charge in [-0.15, -0.1) is 0 Å². The van der Waals surface area contributed by atoms with Crippen LogP contribution >= 0.6 is 0 Å². The molecule has 6 heteroatoms. The molecule has 1 amide bonds. The van der Waals surface area contributed by atoms with E-state index in [0.717, 1.165) is 17.0 Å². The third-order valence-corrected chi connectivity index (χ3v) is 2.48. The second-order valence-electron chi connectivity index (χ2n) is 3.62. The number of amides is 1. The van der Waals surface area contributed by atoms with Gasteiger partial charge in [-0.3, -0.25) is 4.79 Å². The minimum atomic E-state index is 0.00727. The van der Waals surface area contributed by atoms with Crippen LogP contribution in [0.5, 0.6) is 0 Å². The maximum absolute atomic E-state index is 11.2. The van der Waals surface area contributed by atoms with Crippen LogP contribution in [-0.2, 0) is 11.2 Å². The summed E-state index contributed by atoms with van der Waals surface area (Å²) in [6.45, 7) is 3.76. The molecule has 17 heavy (non-hydrogen) atoms. The Hall–Kier alpha value is -1.98. The Labute approximate surface area is 100 Å². The number of nitrogens with one attached hydrogen (secondary N) is 1. The Morgan fingerprint density at radius 2 is 2.00 bits per heavy atom. The molecule has 0 fully saturated rings. The summed E-state index contributed by atoms with van der Waals surface area (Å²) in [5.41, 5.74) is 7.85. The van der Waals surface area contributed by atoms with Crippen LogP contribution in [0.1, 0.15) is 23.4 Å². The number of nitrogens with two attached hydrogens (primary N) is 1. The van der Waals surface area contributed by atoms with Crippen LogP contribution in [0.15, 0.2) is 4.99 Å². The number of nitrogens with zero attached hydrogens (tertiary/aromatic N) is 3. The van der Waals surface area contributed by atoms with E-state index < -0.39 is 0 Å². The van der Waals surface area contributed by atoms with Crippen molar-refractivity contribution in [2.75, 3.05) is 7.05 Å². The molecule has 6 nitrogen and oxygen atoms in total. The number of hydrogen-bond acceptors (Lipinski definition) is 4. The van der Waals surface area contributed by atoms with Gasteiger partial charge in [0.2, 0.25) is 5.91 Å². The van der Waals surface area contributed by atoms with E-state index in [9.17, 15) is 4.79 Å². The number of carbonyl (C=O) groups excluding carboxylic acids is 1. The fraction of sp³-hybridized carbons (Fsp3) is 0.455. The van der Waals surface area contributed by atoms with Gasteiger partial charge in [0, 0.05) is 24.9 Å². The molecule has 1 heterocycles. The second kappa shape index (κ2) is 5.93. The molecular formula is C11H17N5O. The molecule has 3 N–H and O–H groups in total. The molecule has 0 saturated heterocycles. The molecule has 0 bridgehead atoms. The number of aryl methyl sites for hydroxylation is 2. The Bertz CT molecular complexity index is 418. The van der Waals surface area contributed by atoms with E-state index in [1.807, 2.05) is 13.8 Å². The van der Waals surface area contributed by atoms with Crippen molar-refractivity contribution in [3.8, 4) is 0 Å². The summed E-state index contributed by atoms with van der Waals surface area (Å²) < 4.78 is 0. The summed E-state index contributed by atoms with van der Waals surface area (Å²) in [5, 5.41) is 2.59. The highest BCUT2D eigenvalue weighted by atomic mass is 16.1. The highest BCUT2D eigenvalue weighted by Gasteiger charge is 2.09. The van der Waals surface area contributed by atoms with Gasteiger partial charge in [0.1, 0.15) is 0 Å². The Morgan fingerprint density at radius 1 is 1.41 bits per heavy atom. The maximum Gasteiger partial charge on any atom is 0.251 e. The molecular weight excluding hydrogens is 218 g/mol. The van der Waals surface area contributed by atoms with Gasteiger partial charge in [-0.1, -0.05) is 0 Å². The SMILES string of the molecule is CNC(=O)CCc1c(C)nc(/N=C\N)nc1C. The first-order valence-corrected chi connectivity index (χ1v) is 5.37. The summed E-state index contributed by atoms with van der Waals surface area (Å²) in [6.07, 6.45) is 2.23. The minimum absolute atomic E-state index is 0.00727. The van der Waals surface area contributed by atoms with Gasteiger partial charge in [0.25, 0.3) is 5.95 Å². The molecule has 0 saturated carbocycles. The first kappa shape index (κ1) is 13.1. The number of aliphatic imine (C=N–C) groups is 1. The standard InChI is InChI=1S/C11H17N5O/c1-7-9(4-5-10(17)13-3)8(2)16-11(15-7)14-6-12/h6H,4-5H2,1-3H3,(H,13,17)(H2,12,14,15,16). The predicted octanol–water partition coefficient (Wildman–Crippen LogP) is 0.391. The lowest BCUT2D eigenvalue weighted by Gasteiger charge is -2.08. The summed E-state index contributed by atoms with van der Waals surface area (Å²) in [7, 11) is 1.62. The lowest BCUT2D eigenvalue weighted by atomic mass is 10.1. The van der Waals surface area contributed by atoms with Crippen molar-refractivity contribution in [1.29, 1.82) is 0 Å². The molecule has 1 rings (SSSR count). The van der Waals surface area contributed by atoms with Crippen LogP contribution in [0.3, 0.4) is 0 Å². The van der Waals surface area contributed by atoms with Gasteiger partial charge in [-0.2, -0.15) is 0 Å². The lowest BCUT2D eigenvalue weighted by Crippen LogP contribution is -2.18. The molecule has 0 atom stereocenters. The molecule has 0 aliphatic carbocycles. The van der Waals surface area contributed by atoms with E-state index in [0.29, 0.717) is 18.8 Å².